The van der Waals surface area contributed by atoms with Gasteiger partial charge in [-0.25, -0.2) is 0 Å². The lowest BCUT2D eigenvalue weighted by molar-refractivity contribution is 0.416. The fourth-order valence-electron chi connectivity index (χ4n) is 1.76. The third-order valence-corrected chi connectivity index (χ3v) is 3.38. The van der Waals surface area contributed by atoms with Gasteiger partial charge in [-0.2, -0.15) is 11.8 Å². The molecule has 1 unspecified atom stereocenters. The van der Waals surface area contributed by atoms with Crippen LogP contribution in [0.25, 0.3) is 0 Å². The van der Waals surface area contributed by atoms with Crippen molar-refractivity contribution in [2.45, 2.75) is 52.5 Å². The zero-order valence-electron chi connectivity index (χ0n) is 10.3. The van der Waals surface area contributed by atoms with Crippen molar-refractivity contribution in [2.75, 3.05) is 18.6 Å². The van der Waals surface area contributed by atoms with E-state index in [0.29, 0.717) is 0 Å². The Bertz CT molecular complexity index is 111. The summed E-state index contributed by atoms with van der Waals surface area (Å²) in [5, 5.41) is 3.69. The largest absolute Gasteiger partial charge is 0.314 e. The van der Waals surface area contributed by atoms with Gasteiger partial charge in [-0.3, -0.25) is 0 Å². The van der Waals surface area contributed by atoms with E-state index in [-0.39, 0.29) is 0 Å². The molecule has 0 aromatic heterocycles. The molecule has 0 amide bonds. The van der Waals surface area contributed by atoms with E-state index in [1.807, 2.05) is 11.8 Å². The van der Waals surface area contributed by atoms with E-state index in [0.717, 1.165) is 12.0 Å². The van der Waals surface area contributed by atoms with Crippen molar-refractivity contribution in [3.8, 4) is 0 Å². The minimum absolute atomic E-state index is 0.759. The summed E-state index contributed by atoms with van der Waals surface area (Å²) >= 11 is 1.95. The Morgan fingerprint density at radius 1 is 1.14 bits per heavy atom. The molecule has 0 bridgehead atoms. The van der Waals surface area contributed by atoms with E-state index in [2.05, 4.69) is 32.3 Å². The summed E-state index contributed by atoms with van der Waals surface area (Å²) in [6, 6.07) is 0.759. The molecule has 1 atom stereocenters. The summed E-state index contributed by atoms with van der Waals surface area (Å²) in [7, 11) is 0. The fraction of sp³-hybridized carbons (Fsp3) is 1.00. The van der Waals surface area contributed by atoms with Crippen molar-refractivity contribution < 1.29 is 0 Å². The number of hydrogen-bond acceptors (Lipinski definition) is 2. The van der Waals surface area contributed by atoms with Gasteiger partial charge >= 0.3 is 0 Å². The van der Waals surface area contributed by atoms with Crippen LogP contribution in [0.2, 0.25) is 0 Å². The van der Waals surface area contributed by atoms with Crippen LogP contribution in [-0.2, 0) is 0 Å². The minimum Gasteiger partial charge on any atom is -0.314 e. The molecule has 0 aliphatic heterocycles. The highest BCUT2D eigenvalue weighted by Gasteiger charge is 2.07. The van der Waals surface area contributed by atoms with Gasteiger partial charge in [0, 0.05) is 6.04 Å². The van der Waals surface area contributed by atoms with Crippen LogP contribution in [0.15, 0.2) is 0 Å². The molecule has 0 rings (SSSR count). The second-order valence-electron chi connectivity index (χ2n) is 4.24. The molecule has 0 aliphatic carbocycles. The van der Waals surface area contributed by atoms with E-state index >= 15 is 0 Å². The van der Waals surface area contributed by atoms with E-state index in [4.69, 9.17) is 0 Å². The highest BCUT2D eigenvalue weighted by molar-refractivity contribution is 7.98. The first-order chi connectivity index (χ1) is 6.74. The molecule has 0 heterocycles. The third kappa shape index (κ3) is 7.69. The second-order valence-corrected chi connectivity index (χ2v) is 5.15. The second kappa shape index (κ2) is 9.85. The molecule has 0 saturated heterocycles. The van der Waals surface area contributed by atoms with Crippen molar-refractivity contribution >= 4 is 11.8 Å². The molecule has 1 nitrogen and oxygen atoms in total. The van der Waals surface area contributed by atoms with Gasteiger partial charge in [0.1, 0.15) is 0 Å². The lowest BCUT2D eigenvalue weighted by Crippen LogP contribution is -2.33. The predicted molar refractivity (Wildman–Crippen MR) is 69.2 cm³/mol. The Kier molecular flexibility index (Phi) is 10.1. The van der Waals surface area contributed by atoms with Crippen molar-refractivity contribution in [3.63, 3.8) is 0 Å². The van der Waals surface area contributed by atoms with Crippen LogP contribution < -0.4 is 5.32 Å². The van der Waals surface area contributed by atoms with Gasteiger partial charge < -0.3 is 5.32 Å². The average Bonchev–Trinajstić information content (AvgIpc) is 2.15. The van der Waals surface area contributed by atoms with Gasteiger partial charge in [0.15, 0.2) is 0 Å². The number of rotatable bonds is 9. The quantitative estimate of drug-likeness (QED) is 0.634. The molecule has 0 radical (unpaired) electrons. The van der Waals surface area contributed by atoms with Crippen LogP contribution in [0.1, 0.15) is 46.5 Å². The summed E-state index contributed by atoms with van der Waals surface area (Å²) in [5.41, 5.74) is 0. The number of hydrogen-bond donors (Lipinski definition) is 1. The topological polar surface area (TPSA) is 12.0 Å². The molecule has 0 aliphatic rings. The summed E-state index contributed by atoms with van der Waals surface area (Å²) < 4.78 is 0. The van der Waals surface area contributed by atoms with Gasteiger partial charge in [-0.15, -0.1) is 0 Å². The zero-order chi connectivity index (χ0) is 10.8. The molecule has 0 fully saturated rings. The number of thioether (sulfide) groups is 1. The molecule has 86 valence electrons. The SMILES string of the molecule is CCCC(CCC)NCC(C)CSC. The van der Waals surface area contributed by atoms with Gasteiger partial charge in [-0.1, -0.05) is 33.6 Å². The third-order valence-electron chi connectivity index (χ3n) is 2.48. The Labute approximate surface area is 94.4 Å². The van der Waals surface area contributed by atoms with Crippen LogP contribution in [0.3, 0.4) is 0 Å². The molecule has 14 heavy (non-hydrogen) atoms. The molecule has 0 spiro atoms. The van der Waals surface area contributed by atoms with Crippen molar-refractivity contribution in [1.82, 2.24) is 5.32 Å². The first kappa shape index (κ1) is 14.3. The van der Waals surface area contributed by atoms with Crippen LogP contribution in [0.4, 0.5) is 0 Å². The van der Waals surface area contributed by atoms with Gasteiger partial charge in [0.05, 0.1) is 0 Å². The smallest absolute Gasteiger partial charge is 0.00669 e. The number of nitrogens with one attached hydrogen (secondary N) is 1. The molecule has 1 N–H and O–H groups in total. The zero-order valence-corrected chi connectivity index (χ0v) is 11.1. The van der Waals surface area contributed by atoms with Gasteiger partial charge in [0.25, 0.3) is 0 Å². The highest BCUT2D eigenvalue weighted by atomic mass is 32.2. The maximum Gasteiger partial charge on any atom is 0.00669 e. The predicted octanol–water partition coefficient (Wildman–Crippen LogP) is 3.54. The Hall–Kier alpha value is 0.310. The van der Waals surface area contributed by atoms with Crippen molar-refractivity contribution in [3.05, 3.63) is 0 Å². The Balaban J connectivity index is 3.57. The normalized spacial score (nSPS) is 13.5. The van der Waals surface area contributed by atoms with E-state index < -0.39 is 0 Å². The van der Waals surface area contributed by atoms with Gasteiger partial charge in [-0.05, 0) is 37.3 Å². The van der Waals surface area contributed by atoms with E-state index in [1.54, 1.807) is 0 Å². The lowest BCUT2D eigenvalue weighted by Gasteiger charge is -2.20. The first-order valence-corrected chi connectivity index (χ1v) is 7.36. The molecule has 2 heteroatoms. The van der Waals surface area contributed by atoms with Crippen molar-refractivity contribution in [1.29, 1.82) is 0 Å². The van der Waals surface area contributed by atoms with Crippen LogP contribution >= 0.6 is 11.8 Å². The summed E-state index contributed by atoms with van der Waals surface area (Å²) in [4.78, 5) is 0. The standard InChI is InChI=1S/C12H27NS/c1-5-7-12(8-6-2)13-9-11(3)10-14-4/h11-13H,5-10H2,1-4H3. The van der Waals surface area contributed by atoms with Crippen LogP contribution in [-0.4, -0.2) is 24.6 Å². The van der Waals surface area contributed by atoms with Crippen molar-refractivity contribution in [2.24, 2.45) is 5.92 Å². The summed E-state index contributed by atoms with van der Waals surface area (Å²) in [6.45, 7) is 8.06. The minimum atomic E-state index is 0.759. The van der Waals surface area contributed by atoms with Crippen LogP contribution in [0, 0.1) is 5.92 Å². The molecule has 0 aromatic rings. The van der Waals surface area contributed by atoms with E-state index in [9.17, 15) is 0 Å². The Morgan fingerprint density at radius 3 is 2.14 bits per heavy atom. The summed E-state index contributed by atoms with van der Waals surface area (Å²) in [5.74, 6) is 2.08. The molecule has 0 saturated carbocycles. The van der Waals surface area contributed by atoms with E-state index in [1.165, 1.54) is 38.0 Å². The van der Waals surface area contributed by atoms with Crippen LogP contribution in [0.5, 0.6) is 0 Å². The summed E-state index contributed by atoms with van der Waals surface area (Å²) in [6.07, 6.45) is 7.45. The Morgan fingerprint density at radius 2 is 1.71 bits per heavy atom. The lowest BCUT2D eigenvalue weighted by atomic mass is 10.1. The van der Waals surface area contributed by atoms with Gasteiger partial charge in [0.2, 0.25) is 0 Å². The highest BCUT2D eigenvalue weighted by Crippen LogP contribution is 2.07. The fourth-order valence-corrected chi connectivity index (χ4v) is 2.44. The average molecular weight is 217 g/mol. The monoisotopic (exact) mass is 217 g/mol. The maximum absolute atomic E-state index is 3.69. The molecular formula is C12H27NS. The first-order valence-electron chi connectivity index (χ1n) is 5.96. The molecule has 0 aromatic carbocycles. The maximum atomic E-state index is 3.69. The molecular weight excluding hydrogens is 190 g/mol.